The van der Waals surface area contributed by atoms with Crippen LogP contribution in [0.4, 0.5) is 11.4 Å². The molecule has 1 fully saturated rings. The summed E-state index contributed by atoms with van der Waals surface area (Å²) in [6, 6.07) is 3.00. The molecular weight excluding hydrogens is 242 g/mol. The predicted octanol–water partition coefficient (Wildman–Crippen LogP) is 2.30. The van der Waals surface area contributed by atoms with E-state index < -0.39 is 4.92 Å². The highest BCUT2D eigenvalue weighted by Gasteiger charge is 2.22. The van der Waals surface area contributed by atoms with Gasteiger partial charge >= 0.3 is 0 Å². The van der Waals surface area contributed by atoms with Gasteiger partial charge in [0.15, 0.2) is 0 Å². The van der Waals surface area contributed by atoms with Gasteiger partial charge in [-0.25, -0.2) is 0 Å². The first kappa shape index (κ1) is 12.1. The Morgan fingerprint density at radius 3 is 2.65 bits per heavy atom. The van der Waals surface area contributed by atoms with Gasteiger partial charge in [-0.2, -0.15) is 0 Å². The number of benzene rings is 1. The molecule has 0 aromatic heterocycles. The molecule has 1 aliphatic rings. The largest absolute Gasteiger partial charge is 0.393 e. The highest BCUT2D eigenvalue weighted by atomic mass is 35.5. The lowest BCUT2D eigenvalue weighted by atomic mass is 9.89. The Bertz CT molecular complexity index is 445. The Kier molecular flexibility index (Phi) is 3.49. The smallest absolute Gasteiger partial charge is 0.293 e. The maximum absolute atomic E-state index is 10.7. The summed E-state index contributed by atoms with van der Waals surface area (Å²) in [5.41, 5.74) is 6.68. The second kappa shape index (κ2) is 4.89. The number of nitrogen functional groups attached to an aromatic ring is 1. The van der Waals surface area contributed by atoms with Gasteiger partial charge in [0.1, 0.15) is 5.69 Å². The summed E-state index contributed by atoms with van der Waals surface area (Å²) >= 11 is 6.10. The van der Waals surface area contributed by atoms with Crippen molar-refractivity contribution in [2.75, 3.05) is 18.8 Å². The van der Waals surface area contributed by atoms with Crippen LogP contribution in [-0.4, -0.2) is 18.0 Å². The lowest BCUT2D eigenvalue weighted by molar-refractivity contribution is -0.383. The molecule has 3 N–H and O–H groups in total. The molecule has 0 amide bonds. The van der Waals surface area contributed by atoms with Crippen LogP contribution in [-0.2, 0) is 0 Å². The van der Waals surface area contributed by atoms with Crippen LogP contribution in [0.2, 0.25) is 5.02 Å². The van der Waals surface area contributed by atoms with Crippen LogP contribution in [0, 0.1) is 10.1 Å². The van der Waals surface area contributed by atoms with Crippen LogP contribution in [0.1, 0.15) is 24.3 Å². The minimum absolute atomic E-state index is 0.118. The number of hydrogen-bond acceptors (Lipinski definition) is 4. The first-order valence-electron chi connectivity index (χ1n) is 5.53. The summed E-state index contributed by atoms with van der Waals surface area (Å²) in [4.78, 5) is 10.2. The Morgan fingerprint density at radius 2 is 2.06 bits per heavy atom. The van der Waals surface area contributed by atoms with E-state index in [1.807, 2.05) is 0 Å². The van der Waals surface area contributed by atoms with Gasteiger partial charge in [0.05, 0.1) is 9.95 Å². The maximum Gasteiger partial charge on any atom is 0.293 e. The van der Waals surface area contributed by atoms with Gasteiger partial charge < -0.3 is 11.1 Å². The summed E-state index contributed by atoms with van der Waals surface area (Å²) in [7, 11) is 0. The molecule has 1 aromatic rings. The number of halogens is 1. The van der Waals surface area contributed by atoms with Gasteiger partial charge in [-0.15, -0.1) is 0 Å². The number of nitro groups is 1. The van der Waals surface area contributed by atoms with Gasteiger partial charge in [0, 0.05) is 6.07 Å². The van der Waals surface area contributed by atoms with E-state index in [2.05, 4.69) is 5.32 Å². The number of hydrogen-bond donors (Lipinski definition) is 2. The molecule has 17 heavy (non-hydrogen) atoms. The molecule has 5 nitrogen and oxygen atoms in total. The fourth-order valence-electron chi connectivity index (χ4n) is 2.20. The quantitative estimate of drug-likeness (QED) is 0.483. The van der Waals surface area contributed by atoms with E-state index in [1.165, 1.54) is 6.07 Å². The fraction of sp³-hybridized carbons (Fsp3) is 0.455. The van der Waals surface area contributed by atoms with E-state index in [9.17, 15) is 10.1 Å². The molecule has 0 atom stereocenters. The Balaban J connectivity index is 2.35. The van der Waals surface area contributed by atoms with Crippen molar-refractivity contribution in [1.82, 2.24) is 5.32 Å². The van der Waals surface area contributed by atoms with E-state index in [4.69, 9.17) is 17.3 Å². The van der Waals surface area contributed by atoms with Crippen molar-refractivity contribution in [1.29, 1.82) is 0 Å². The number of anilines is 1. The molecule has 92 valence electrons. The lowest BCUT2D eigenvalue weighted by Gasteiger charge is -2.24. The van der Waals surface area contributed by atoms with E-state index >= 15 is 0 Å². The number of nitrogens with one attached hydrogen (secondary N) is 1. The number of nitrogens with zero attached hydrogens (tertiary/aromatic N) is 1. The standard InChI is InChI=1S/C11H14ClN3O2/c12-9-6-11(15(16)17)10(13)5-8(9)7-1-3-14-4-2-7/h5-7,14H,1-4,13H2. The molecule has 1 saturated heterocycles. The molecule has 1 heterocycles. The number of nitrogens with two attached hydrogens (primary N) is 1. The minimum Gasteiger partial charge on any atom is -0.393 e. The maximum atomic E-state index is 10.7. The van der Waals surface area contributed by atoms with Gasteiger partial charge in [-0.3, -0.25) is 10.1 Å². The molecule has 0 radical (unpaired) electrons. The van der Waals surface area contributed by atoms with Crippen molar-refractivity contribution in [3.05, 3.63) is 32.8 Å². The lowest BCUT2D eigenvalue weighted by Crippen LogP contribution is -2.26. The van der Waals surface area contributed by atoms with Crippen LogP contribution in [0.15, 0.2) is 12.1 Å². The number of nitro benzene ring substituents is 1. The van der Waals surface area contributed by atoms with Gasteiger partial charge in [0.2, 0.25) is 0 Å². The SMILES string of the molecule is Nc1cc(C2CCNCC2)c(Cl)cc1[N+](=O)[O-]. The molecule has 0 unspecified atom stereocenters. The average molecular weight is 256 g/mol. The van der Waals surface area contributed by atoms with Crippen LogP contribution in [0.5, 0.6) is 0 Å². The normalized spacial score (nSPS) is 17.0. The highest BCUT2D eigenvalue weighted by Crippen LogP contribution is 2.36. The topological polar surface area (TPSA) is 81.2 Å². The zero-order valence-electron chi connectivity index (χ0n) is 9.28. The summed E-state index contributed by atoms with van der Waals surface area (Å²) in [5.74, 6) is 0.340. The summed E-state index contributed by atoms with van der Waals surface area (Å²) < 4.78 is 0. The highest BCUT2D eigenvalue weighted by molar-refractivity contribution is 6.31. The minimum atomic E-state index is -0.507. The van der Waals surface area contributed by atoms with Crippen molar-refractivity contribution in [3.63, 3.8) is 0 Å². The van der Waals surface area contributed by atoms with Crippen LogP contribution >= 0.6 is 11.6 Å². The molecular formula is C11H14ClN3O2. The zero-order valence-corrected chi connectivity index (χ0v) is 10.0. The molecule has 0 bridgehead atoms. The van der Waals surface area contributed by atoms with Crippen molar-refractivity contribution < 1.29 is 4.92 Å². The van der Waals surface area contributed by atoms with Crippen molar-refractivity contribution in [3.8, 4) is 0 Å². The second-order valence-electron chi connectivity index (χ2n) is 4.21. The van der Waals surface area contributed by atoms with E-state index in [0.29, 0.717) is 10.9 Å². The molecule has 0 aliphatic carbocycles. The van der Waals surface area contributed by atoms with E-state index in [0.717, 1.165) is 31.5 Å². The average Bonchev–Trinajstić information content (AvgIpc) is 2.32. The number of rotatable bonds is 2. The van der Waals surface area contributed by atoms with Gasteiger partial charge in [0.25, 0.3) is 5.69 Å². The predicted molar refractivity (Wildman–Crippen MR) is 67.4 cm³/mol. The van der Waals surface area contributed by atoms with Crippen molar-refractivity contribution in [2.45, 2.75) is 18.8 Å². The molecule has 1 aliphatic heterocycles. The third kappa shape index (κ3) is 2.50. The fourth-order valence-corrected chi connectivity index (χ4v) is 2.51. The van der Waals surface area contributed by atoms with Crippen LogP contribution in [0.3, 0.4) is 0 Å². The Morgan fingerprint density at radius 1 is 1.41 bits per heavy atom. The molecule has 1 aromatic carbocycles. The van der Waals surface area contributed by atoms with Crippen molar-refractivity contribution >= 4 is 23.0 Å². The third-order valence-electron chi connectivity index (χ3n) is 3.12. The van der Waals surface area contributed by atoms with Crippen LogP contribution < -0.4 is 11.1 Å². The monoisotopic (exact) mass is 255 g/mol. The van der Waals surface area contributed by atoms with E-state index in [1.54, 1.807) is 6.07 Å². The molecule has 6 heteroatoms. The third-order valence-corrected chi connectivity index (χ3v) is 3.45. The Labute approximate surface area is 104 Å². The van der Waals surface area contributed by atoms with Gasteiger partial charge in [-0.1, -0.05) is 11.6 Å². The van der Waals surface area contributed by atoms with Crippen molar-refractivity contribution in [2.24, 2.45) is 0 Å². The summed E-state index contributed by atoms with van der Waals surface area (Å²) in [6.45, 7) is 1.88. The Hall–Kier alpha value is -1.33. The van der Waals surface area contributed by atoms with E-state index in [-0.39, 0.29) is 11.4 Å². The second-order valence-corrected chi connectivity index (χ2v) is 4.62. The zero-order chi connectivity index (χ0) is 12.4. The van der Waals surface area contributed by atoms with Gasteiger partial charge in [-0.05, 0) is 43.5 Å². The molecule has 0 saturated carbocycles. The molecule has 2 rings (SSSR count). The van der Waals surface area contributed by atoms with Crippen LogP contribution in [0.25, 0.3) is 0 Å². The number of piperidine rings is 1. The molecule has 0 spiro atoms. The summed E-state index contributed by atoms with van der Waals surface area (Å²) in [6.07, 6.45) is 1.97. The summed E-state index contributed by atoms with van der Waals surface area (Å²) in [5, 5.41) is 14.4. The first-order valence-corrected chi connectivity index (χ1v) is 5.91. The first-order chi connectivity index (χ1) is 8.09.